The number of carbonyl (C=O) groups is 1. The Morgan fingerprint density at radius 2 is 2.06 bits per heavy atom. The summed E-state index contributed by atoms with van der Waals surface area (Å²) in [7, 11) is 0. The van der Waals surface area contributed by atoms with E-state index in [1.165, 1.54) is 12.5 Å². The smallest absolute Gasteiger partial charge is 0.252 e. The molecule has 0 fully saturated rings. The molecule has 0 radical (unpaired) electrons. The van der Waals surface area contributed by atoms with E-state index in [-0.39, 0.29) is 17.1 Å². The Bertz CT molecular complexity index is 557. The second kappa shape index (κ2) is 4.48. The molecule has 1 heterocycles. The SMILES string of the molecule is NC(=O)c1ccccc1Oc1ncncc1N. The van der Waals surface area contributed by atoms with E-state index in [1.54, 1.807) is 24.3 Å². The van der Waals surface area contributed by atoms with Gasteiger partial charge in [0.05, 0.1) is 11.8 Å². The van der Waals surface area contributed by atoms with Gasteiger partial charge in [-0.15, -0.1) is 0 Å². The standard InChI is InChI=1S/C11H10N4O2/c12-8-5-14-6-15-11(8)17-9-4-2-1-3-7(9)10(13)16/h1-6H,12H2,(H2,13,16). The highest BCUT2D eigenvalue weighted by Gasteiger charge is 2.11. The van der Waals surface area contributed by atoms with E-state index in [2.05, 4.69) is 9.97 Å². The quantitative estimate of drug-likeness (QED) is 0.816. The van der Waals surface area contributed by atoms with E-state index in [4.69, 9.17) is 16.2 Å². The lowest BCUT2D eigenvalue weighted by atomic mass is 10.2. The van der Waals surface area contributed by atoms with E-state index < -0.39 is 5.91 Å². The summed E-state index contributed by atoms with van der Waals surface area (Å²) in [5.41, 5.74) is 11.4. The minimum absolute atomic E-state index is 0.189. The number of benzene rings is 1. The first-order chi connectivity index (χ1) is 8.18. The molecule has 0 aliphatic rings. The highest BCUT2D eigenvalue weighted by molar-refractivity contribution is 5.95. The van der Waals surface area contributed by atoms with Crippen LogP contribution in [0.1, 0.15) is 10.4 Å². The van der Waals surface area contributed by atoms with Crippen LogP contribution >= 0.6 is 0 Å². The van der Waals surface area contributed by atoms with Crippen molar-refractivity contribution in [1.29, 1.82) is 0 Å². The highest BCUT2D eigenvalue weighted by Crippen LogP contribution is 2.26. The van der Waals surface area contributed by atoms with E-state index in [9.17, 15) is 4.79 Å². The van der Waals surface area contributed by atoms with Gasteiger partial charge < -0.3 is 16.2 Å². The lowest BCUT2D eigenvalue weighted by molar-refractivity contribution is 0.0998. The number of ether oxygens (including phenoxy) is 1. The van der Waals surface area contributed by atoms with Crippen molar-refractivity contribution < 1.29 is 9.53 Å². The molecule has 2 rings (SSSR count). The number of carbonyl (C=O) groups excluding carboxylic acids is 1. The molecule has 0 saturated carbocycles. The summed E-state index contributed by atoms with van der Waals surface area (Å²) in [6.07, 6.45) is 2.72. The number of hydrogen-bond acceptors (Lipinski definition) is 5. The fraction of sp³-hybridized carbons (Fsp3) is 0. The number of anilines is 1. The van der Waals surface area contributed by atoms with E-state index in [0.29, 0.717) is 5.75 Å². The molecular weight excluding hydrogens is 220 g/mol. The third-order valence-corrected chi connectivity index (χ3v) is 2.06. The molecule has 6 nitrogen and oxygen atoms in total. The molecule has 0 aliphatic carbocycles. The summed E-state index contributed by atoms with van der Waals surface area (Å²) in [5.74, 6) is -0.0765. The van der Waals surface area contributed by atoms with Gasteiger partial charge in [-0.2, -0.15) is 4.98 Å². The van der Waals surface area contributed by atoms with Crippen LogP contribution in [-0.4, -0.2) is 15.9 Å². The Morgan fingerprint density at radius 3 is 2.76 bits per heavy atom. The van der Waals surface area contributed by atoms with Crippen LogP contribution in [-0.2, 0) is 0 Å². The second-order valence-electron chi connectivity index (χ2n) is 3.25. The number of amides is 1. The lowest BCUT2D eigenvalue weighted by Crippen LogP contribution is -2.12. The maximum Gasteiger partial charge on any atom is 0.252 e. The largest absolute Gasteiger partial charge is 0.436 e. The average molecular weight is 230 g/mol. The molecule has 2 aromatic rings. The summed E-state index contributed by atoms with van der Waals surface area (Å²) in [6, 6.07) is 6.59. The third kappa shape index (κ3) is 2.31. The molecule has 0 bridgehead atoms. The molecule has 0 aliphatic heterocycles. The van der Waals surface area contributed by atoms with Crippen molar-refractivity contribution in [3.63, 3.8) is 0 Å². The number of hydrogen-bond donors (Lipinski definition) is 2. The van der Waals surface area contributed by atoms with Gasteiger partial charge in [-0.3, -0.25) is 4.79 Å². The maximum absolute atomic E-state index is 11.2. The summed E-state index contributed by atoms with van der Waals surface area (Å²) < 4.78 is 5.42. The minimum atomic E-state index is -0.576. The number of nitrogens with two attached hydrogens (primary N) is 2. The fourth-order valence-corrected chi connectivity index (χ4v) is 1.28. The van der Waals surface area contributed by atoms with Gasteiger partial charge in [0.15, 0.2) is 0 Å². The molecule has 6 heteroatoms. The van der Waals surface area contributed by atoms with E-state index in [0.717, 1.165) is 0 Å². The number of primary amides is 1. The van der Waals surface area contributed by atoms with Crippen LogP contribution in [0.25, 0.3) is 0 Å². The normalized spacial score (nSPS) is 9.88. The highest BCUT2D eigenvalue weighted by atomic mass is 16.5. The minimum Gasteiger partial charge on any atom is -0.436 e. The molecule has 0 spiro atoms. The number of para-hydroxylation sites is 1. The monoisotopic (exact) mass is 230 g/mol. The Labute approximate surface area is 97.2 Å². The number of nitrogen functional groups attached to an aromatic ring is 1. The van der Waals surface area contributed by atoms with Crippen molar-refractivity contribution in [2.45, 2.75) is 0 Å². The van der Waals surface area contributed by atoms with E-state index in [1.807, 2.05) is 0 Å². The fourth-order valence-electron chi connectivity index (χ4n) is 1.28. The predicted octanol–water partition coefficient (Wildman–Crippen LogP) is 0.950. The van der Waals surface area contributed by atoms with E-state index >= 15 is 0 Å². The zero-order valence-electron chi connectivity index (χ0n) is 8.83. The summed E-state index contributed by atoms with van der Waals surface area (Å²) >= 11 is 0. The molecular formula is C11H10N4O2. The number of rotatable bonds is 3. The summed E-state index contributed by atoms with van der Waals surface area (Å²) in [6.45, 7) is 0. The predicted molar refractivity (Wildman–Crippen MR) is 61.5 cm³/mol. The second-order valence-corrected chi connectivity index (χ2v) is 3.25. The molecule has 17 heavy (non-hydrogen) atoms. The Balaban J connectivity index is 2.37. The summed E-state index contributed by atoms with van der Waals surface area (Å²) in [5, 5.41) is 0. The van der Waals surface area contributed by atoms with Crippen molar-refractivity contribution in [3.05, 3.63) is 42.4 Å². The lowest BCUT2D eigenvalue weighted by Gasteiger charge is -2.08. The molecule has 1 aromatic carbocycles. The Hall–Kier alpha value is -2.63. The topological polar surface area (TPSA) is 104 Å². The van der Waals surface area contributed by atoms with Crippen LogP contribution in [0, 0.1) is 0 Å². The van der Waals surface area contributed by atoms with Crippen LogP contribution < -0.4 is 16.2 Å². The maximum atomic E-state index is 11.2. The van der Waals surface area contributed by atoms with Crippen LogP contribution in [0.15, 0.2) is 36.8 Å². The van der Waals surface area contributed by atoms with Crippen LogP contribution in [0.5, 0.6) is 11.6 Å². The van der Waals surface area contributed by atoms with Gasteiger partial charge >= 0.3 is 0 Å². The first-order valence-electron chi connectivity index (χ1n) is 4.80. The van der Waals surface area contributed by atoms with Gasteiger partial charge in [0, 0.05) is 0 Å². The molecule has 4 N–H and O–H groups in total. The molecule has 0 unspecified atom stereocenters. The Morgan fingerprint density at radius 1 is 1.29 bits per heavy atom. The summed E-state index contributed by atoms with van der Waals surface area (Å²) in [4.78, 5) is 18.8. The van der Waals surface area contributed by atoms with Crippen LogP contribution in [0.3, 0.4) is 0 Å². The van der Waals surface area contributed by atoms with Crippen molar-refractivity contribution in [2.24, 2.45) is 5.73 Å². The average Bonchev–Trinajstić information content (AvgIpc) is 2.32. The van der Waals surface area contributed by atoms with Gasteiger partial charge in [-0.25, -0.2) is 4.98 Å². The van der Waals surface area contributed by atoms with Crippen molar-refractivity contribution in [3.8, 4) is 11.6 Å². The first-order valence-corrected chi connectivity index (χ1v) is 4.80. The molecule has 0 saturated heterocycles. The van der Waals surface area contributed by atoms with Crippen LogP contribution in [0.2, 0.25) is 0 Å². The molecule has 1 amide bonds. The third-order valence-electron chi connectivity index (χ3n) is 2.06. The first kappa shape index (κ1) is 10.9. The van der Waals surface area contributed by atoms with Crippen molar-refractivity contribution >= 4 is 11.6 Å². The van der Waals surface area contributed by atoms with Gasteiger partial charge in [-0.05, 0) is 12.1 Å². The van der Waals surface area contributed by atoms with Gasteiger partial charge in [-0.1, -0.05) is 12.1 Å². The van der Waals surface area contributed by atoms with Crippen molar-refractivity contribution in [2.75, 3.05) is 5.73 Å². The van der Waals surface area contributed by atoms with Gasteiger partial charge in [0.25, 0.3) is 5.91 Å². The van der Waals surface area contributed by atoms with Gasteiger partial charge in [0.2, 0.25) is 5.88 Å². The Kier molecular flexibility index (Phi) is 2.87. The van der Waals surface area contributed by atoms with Gasteiger partial charge in [0.1, 0.15) is 17.8 Å². The molecule has 1 aromatic heterocycles. The van der Waals surface area contributed by atoms with Crippen molar-refractivity contribution in [1.82, 2.24) is 9.97 Å². The zero-order valence-corrected chi connectivity index (χ0v) is 8.83. The number of aromatic nitrogens is 2. The zero-order chi connectivity index (χ0) is 12.3. The molecule has 0 atom stereocenters. The van der Waals surface area contributed by atoms with Crippen LogP contribution in [0.4, 0.5) is 5.69 Å². The molecule has 86 valence electrons. The number of nitrogens with zero attached hydrogens (tertiary/aromatic N) is 2.